The van der Waals surface area contributed by atoms with E-state index >= 15 is 0 Å². The Hall–Kier alpha value is -0.520. The van der Waals surface area contributed by atoms with E-state index in [1.165, 1.54) is 25.7 Å². The van der Waals surface area contributed by atoms with Crippen LogP contribution in [0, 0.1) is 23.2 Å². The summed E-state index contributed by atoms with van der Waals surface area (Å²) in [5, 5.41) is 0. The Morgan fingerprint density at radius 1 is 1.62 bits per heavy atom. The first-order valence-electron chi connectivity index (χ1n) is 5.59. The molecule has 2 saturated carbocycles. The smallest absolute Gasteiger partial charge is 0.00451 e. The maximum Gasteiger partial charge on any atom is -0.00451 e. The maximum absolute atomic E-state index is 3.91. The van der Waals surface area contributed by atoms with Crippen molar-refractivity contribution in [3.8, 4) is 0 Å². The second-order valence-electron chi connectivity index (χ2n) is 5.31. The van der Waals surface area contributed by atoms with Crippen LogP contribution >= 0.6 is 0 Å². The van der Waals surface area contributed by atoms with Crippen molar-refractivity contribution in [3.05, 3.63) is 24.3 Å². The Balaban J connectivity index is 1.91. The molecule has 0 amide bonds. The number of rotatable bonds is 3. The third kappa shape index (κ3) is 0.978. The van der Waals surface area contributed by atoms with Gasteiger partial charge in [-0.15, -0.1) is 6.58 Å². The summed E-state index contributed by atoms with van der Waals surface area (Å²) >= 11 is 0. The lowest BCUT2D eigenvalue weighted by atomic mass is 9.75. The first-order valence-corrected chi connectivity index (χ1v) is 5.59. The quantitative estimate of drug-likeness (QED) is 0.574. The molecule has 3 rings (SSSR count). The van der Waals surface area contributed by atoms with E-state index in [9.17, 15) is 0 Å². The lowest BCUT2D eigenvalue weighted by molar-refractivity contribution is 0.338. The minimum absolute atomic E-state index is 0.521. The molecule has 0 saturated heterocycles. The summed E-state index contributed by atoms with van der Waals surface area (Å²) < 4.78 is 0. The SMILES string of the molecule is C=CCC1(C)C(C2CC2)=CC2CC21. The van der Waals surface area contributed by atoms with Crippen LogP contribution in [0.2, 0.25) is 0 Å². The molecule has 13 heavy (non-hydrogen) atoms. The van der Waals surface area contributed by atoms with Gasteiger partial charge in [-0.3, -0.25) is 0 Å². The molecule has 3 aliphatic carbocycles. The van der Waals surface area contributed by atoms with Crippen LogP contribution in [0.4, 0.5) is 0 Å². The first-order chi connectivity index (χ1) is 6.25. The van der Waals surface area contributed by atoms with Crippen molar-refractivity contribution < 1.29 is 0 Å². The predicted molar refractivity (Wildman–Crippen MR) is 55.3 cm³/mol. The molecule has 70 valence electrons. The van der Waals surface area contributed by atoms with Crippen molar-refractivity contribution in [2.75, 3.05) is 0 Å². The average Bonchev–Trinajstić information content (AvgIpc) is 2.97. The van der Waals surface area contributed by atoms with Crippen LogP contribution in [0.3, 0.4) is 0 Å². The van der Waals surface area contributed by atoms with E-state index in [2.05, 4.69) is 25.7 Å². The molecule has 0 nitrogen and oxygen atoms in total. The summed E-state index contributed by atoms with van der Waals surface area (Å²) in [6, 6.07) is 0. The molecule has 3 aliphatic rings. The molecule has 0 heteroatoms. The second-order valence-corrected chi connectivity index (χ2v) is 5.31. The average molecular weight is 174 g/mol. The maximum atomic E-state index is 3.91. The molecule has 0 aromatic heterocycles. The fraction of sp³-hybridized carbons (Fsp3) is 0.692. The van der Waals surface area contributed by atoms with Gasteiger partial charge in [-0.25, -0.2) is 0 Å². The molecule has 0 aromatic carbocycles. The zero-order chi connectivity index (χ0) is 9.05. The standard InChI is InChI=1S/C13H18/c1-3-6-13(2)11(9-4-5-9)7-10-8-12(10)13/h3,7,9-10,12H,1,4-6,8H2,2H3. The zero-order valence-electron chi connectivity index (χ0n) is 8.42. The lowest BCUT2D eigenvalue weighted by Gasteiger charge is -2.29. The van der Waals surface area contributed by atoms with E-state index in [4.69, 9.17) is 0 Å². The summed E-state index contributed by atoms with van der Waals surface area (Å²) in [6.07, 6.45) is 10.3. The first kappa shape index (κ1) is 7.84. The van der Waals surface area contributed by atoms with Crippen LogP contribution in [0.25, 0.3) is 0 Å². The van der Waals surface area contributed by atoms with Crippen molar-refractivity contribution in [2.24, 2.45) is 23.2 Å². The normalized spacial score (nSPS) is 47.0. The van der Waals surface area contributed by atoms with Crippen molar-refractivity contribution in [3.63, 3.8) is 0 Å². The van der Waals surface area contributed by atoms with E-state index in [1.54, 1.807) is 5.57 Å². The molecular formula is C13H18. The van der Waals surface area contributed by atoms with Gasteiger partial charge >= 0.3 is 0 Å². The van der Waals surface area contributed by atoms with Gasteiger partial charge in [0, 0.05) is 0 Å². The molecule has 2 fully saturated rings. The van der Waals surface area contributed by atoms with Gasteiger partial charge in [-0.2, -0.15) is 0 Å². The van der Waals surface area contributed by atoms with E-state index in [1.807, 2.05) is 0 Å². The highest BCUT2D eigenvalue weighted by atomic mass is 14.6. The van der Waals surface area contributed by atoms with Gasteiger partial charge in [0.25, 0.3) is 0 Å². The van der Waals surface area contributed by atoms with Crippen LogP contribution in [0.15, 0.2) is 24.3 Å². The molecule has 0 aromatic rings. The minimum Gasteiger partial charge on any atom is -0.103 e. The van der Waals surface area contributed by atoms with Crippen LogP contribution in [-0.2, 0) is 0 Å². The Morgan fingerprint density at radius 2 is 2.38 bits per heavy atom. The van der Waals surface area contributed by atoms with Crippen LogP contribution in [0.5, 0.6) is 0 Å². The molecular weight excluding hydrogens is 156 g/mol. The molecule has 0 N–H and O–H groups in total. The topological polar surface area (TPSA) is 0 Å². The van der Waals surface area contributed by atoms with Gasteiger partial charge in [0.1, 0.15) is 0 Å². The third-order valence-electron chi connectivity index (χ3n) is 4.30. The lowest BCUT2D eigenvalue weighted by Crippen LogP contribution is -2.20. The Labute approximate surface area is 80.7 Å². The molecule has 0 aliphatic heterocycles. The van der Waals surface area contributed by atoms with Gasteiger partial charge < -0.3 is 0 Å². The van der Waals surface area contributed by atoms with E-state index in [-0.39, 0.29) is 0 Å². The van der Waals surface area contributed by atoms with Gasteiger partial charge in [-0.05, 0) is 48.9 Å². The number of hydrogen-bond donors (Lipinski definition) is 0. The van der Waals surface area contributed by atoms with Gasteiger partial charge in [0.15, 0.2) is 0 Å². The van der Waals surface area contributed by atoms with E-state index in [0.29, 0.717) is 5.41 Å². The highest BCUT2D eigenvalue weighted by Crippen LogP contribution is 2.66. The van der Waals surface area contributed by atoms with Gasteiger partial charge in [-0.1, -0.05) is 24.6 Å². The Bertz CT molecular complexity index is 282. The predicted octanol–water partition coefficient (Wildman–Crippen LogP) is 3.55. The molecule has 0 heterocycles. The monoisotopic (exact) mass is 174 g/mol. The summed E-state index contributed by atoms with van der Waals surface area (Å²) in [6.45, 7) is 6.38. The van der Waals surface area contributed by atoms with E-state index < -0.39 is 0 Å². The number of hydrogen-bond acceptors (Lipinski definition) is 0. The van der Waals surface area contributed by atoms with Crippen molar-refractivity contribution in [2.45, 2.75) is 32.6 Å². The fourth-order valence-electron chi connectivity index (χ4n) is 3.33. The minimum atomic E-state index is 0.521. The summed E-state index contributed by atoms with van der Waals surface area (Å²) in [5.74, 6) is 2.92. The summed E-state index contributed by atoms with van der Waals surface area (Å²) in [5.41, 5.74) is 2.32. The van der Waals surface area contributed by atoms with Gasteiger partial charge in [0.05, 0.1) is 0 Å². The second kappa shape index (κ2) is 2.29. The van der Waals surface area contributed by atoms with Gasteiger partial charge in [0.2, 0.25) is 0 Å². The number of allylic oxidation sites excluding steroid dienone is 3. The fourth-order valence-corrected chi connectivity index (χ4v) is 3.33. The van der Waals surface area contributed by atoms with Crippen LogP contribution in [-0.4, -0.2) is 0 Å². The molecule has 3 atom stereocenters. The number of fused-ring (bicyclic) bond motifs is 1. The zero-order valence-corrected chi connectivity index (χ0v) is 8.42. The Morgan fingerprint density at radius 3 is 3.00 bits per heavy atom. The highest BCUT2D eigenvalue weighted by Gasteiger charge is 2.57. The summed E-state index contributed by atoms with van der Waals surface area (Å²) in [4.78, 5) is 0. The highest BCUT2D eigenvalue weighted by molar-refractivity contribution is 5.35. The molecule has 3 unspecified atom stereocenters. The van der Waals surface area contributed by atoms with Crippen molar-refractivity contribution in [1.29, 1.82) is 0 Å². The van der Waals surface area contributed by atoms with Crippen molar-refractivity contribution in [1.82, 2.24) is 0 Å². The largest absolute Gasteiger partial charge is 0.103 e. The van der Waals surface area contributed by atoms with Crippen LogP contribution in [0.1, 0.15) is 32.6 Å². The third-order valence-corrected chi connectivity index (χ3v) is 4.30. The summed E-state index contributed by atoms with van der Waals surface area (Å²) in [7, 11) is 0. The van der Waals surface area contributed by atoms with E-state index in [0.717, 1.165) is 17.8 Å². The molecule has 0 bridgehead atoms. The Kier molecular flexibility index (Phi) is 1.38. The molecule has 0 radical (unpaired) electrons. The van der Waals surface area contributed by atoms with Crippen LogP contribution < -0.4 is 0 Å². The van der Waals surface area contributed by atoms with Crippen molar-refractivity contribution >= 4 is 0 Å². The molecule has 0 spiro atoms.